The molecule has 0 atom stereocenters. The number of ketones is 1. The second kappa shape index (κ2) is 5.84. The van der Waals surface area contributed by atoms with Gasteiger partial charge in [0.25, 0.3) is 11.7 Å². The quantitative estimate of drug-likeness (QED) is 0.656. The van der Waals surface area contributed by atoms with Gasteiger partial charge in [0, 0.05) is 11.0 Å². The Morgan fingerprint density at radius 3 is 2.85 bits per heavy atom. The van der Waals surface area contributed by atoms with Crippen molar-refractivity contribution in [2.75, 3.05) is 18.0 Å². The minimum atomic E-state index is -0.714. The number of nitrogens with one attached hydrogen (secondary N) is 1. The van der Waals surface area contributed by atoms with Gasteiger partial charge in [-0.1, -0.05) is 15.9 Å². The van der Waals surface area contributed by atoms with E-state index in [0.717, 1.165) is 4.90 Å². The zero-order chi connectivity index (χ0) is 14.7. The molecule has 0 saturated carbocycles. The fourth-order valence-corrected chi connectivity index (χ4v) is 2.23. The van der Waals surface area contributed by atoms with Gasteiger partial charge in [-0.15, -0.1) is 0 Å². The van der Waals surface area contributed by atoms with Crippen LogP contribution in [0.4, 0.5) is 5.69 Å². The summed E-state index contributed by atoms with van der Waals surface area (Å²) in [4.78, 5) is 36.5. The molecule has 1 heterocycles. The van der Waals surface area contributed by atoms with E-state index in [2.05, 4.69) is 21.2 Å². The molecule has 0 radical (unpaired) electrons. The van der Waals surface area contributed by atoms with Crippen LogP contribution in [0.3, 0.4) is 0 Å². The number of hydrogen-bond donors (Lipinski definition) is 1. The zero-order valence-corrected chi connectivity index (χ0v) is 11.9. The monoisotopic (exact) mass is 335 g/mol. The van der Waals surface area contributed by atoms with Crippen molar-refractivity contribution in [3.05, 3.63) is 28.2 Å². The summed E-state index contributed by atoms with van der Waals surface area (Å²) in [6, 6.07) is 6.74. The Kier molecular flexibility index (Phi) is 4.15. The van der Waals surface area contributed by atoms with Crippen LogP contribution >= 0.6 is 15.9 Å². The molecule has 7 heteroatoms. The largest absolute Gasteiger partial charge is 0.354 e. The van der Waals surface area contributed by atoms with E-state index >= 15 is 0 Å². The van der Waals surface area contributed by atoms with Crippen LogP contribution in [-0.2, 0) is 9.59 Å². The predicted octanol–water partition coefficient (Wildman–Crippen LogP) is 1.01. The van der Waals surface area contributed by atoms with Gasteiger partial charge in [-0.2, -0.15) is 5.26 Å². The van der Waals surface area contributed by atoms with E-state index in [4.69, 9.17) is 5.26 Å². The van der Waals surface area contributed by atoms with Crippen molar-refractivity contribution in [3.8, 4) is 6.07 Å². The van der Waals surface area contributed by atoms with Crippen molar-refractivity contribution >= 4 is 39.2 Å². The molecule has 20 heavy (non-hydrogen) atoms. The Morgan fingerprint density at radius 1 is 1.40 bits per heavy atom. The lowest BCUT2D eigenvalue weighted by Crippen LogP contribution is -2.40. The fourth-order valence-electron chi connectivity index (χ4n) is 1.88. The van der Waals surface area contributed by atoms with Gasteiger partial charge in [0.15, 0.2) is 0 Å². The Morgan fingerprint density at radius 2 is 2.15 bits per heavy atom. The van der Waals surface area contributed by atoms with Crippen molar-refractivity contribution in [1.82, 2.24) is 5.32 Å². The van der Waals surface area contributed by atoms with E-state index in [9.17, 15) is 14.4 Å². The average Bonchev–Trinajstić information content (AvgIpc) is 2.64. The number of halogens is 1. The molecule has 1 N–H and O–H groups in total. The smallest absolute Gasteiger partial charge is 0.299 e. The number of carbonyl (C=O) groups is 3. The molecule has 1 aliphatic rings. The highest BCUT2D eigenvalue weighted by atomic mass is 79.9. The predicted molar refractivity (Wildman–Crippen MR) is 74.1 cm³/mol. The first-order chi connectivity index (χ1) is 9.54. The average molecular weight is 336 g/mol. The van der Waals surface area contributed by atoms with Gasteiger partial charge in [-0.05, 0) is 18.2 Å². The molecular formula is C13H10BrN3O3. The summed E-state index contributed by atoms with van der Waals surface area (Å²) in [5.74, 6) is -1.74. The molecule has 0 aromatic heterocycles. The molecule has 6 nitrogen and oxygen atoms in total. The number of nitriles is 1. The molecule has 1 aromatic carbocycles. The molecule has 0 bridgehead atoms. The van der Waals surface area contributed by atoms with Crippen LogP contribution in [0, 0.1) is 11.3 Å². The van der Waals surface area contributed by atoms with Crippen molar-refractivity contribution in [2.24, 2.45) is 0 Å². The highest BCUT2D eigenvalue weighted by Gasteiger charge is 2.36. The Hall–Kier alpha value is -2.20. The normalized spacial score (nSPS) is 13.1. The maximum atomic E-state index is 11.9. The minimum Gasteiger partial charge on any atom is -0.354 e. The van der Waals surface area contributed by atoms with Crippen molar-refractivity contribution in [3.63, 3.8) is 0 Å². The van der Waals surface area contributed by atoms with Gasteiger partial charge >= 0.3 is 0 Å². The lowest BCUT2D eigenvalue weighted by molar-refractivity contribution is -0.122. The van der Waals surface area contributed by atoms with Gasteiger partial charge in [0.2, 0.25) is 5.91 Å². The van der Waals surface area contributed by atoms with E-state index in [1.54, 1.807) is 18.2 Å². The molecule has 0 aliphatic carbocycles. The van der Waals surface area contributed by atoms with Gasteiger partial charge in [-0.25, -0.2) is 0 Å². The highest BCUT2D eigenvalue weighted by molar-refractivity contribution is 9.10. The van der Waals surface area contributed by atoms with Crippen LogP contribution in [0.15, 0.2) is 22.7 Å². The summed E-state index contributed by atoms with van der Waals surface area (Å²) in [5, 5.41) is 10.9. The van der Waals surface area contributed by atoms with Crippen molar-refractivity contribution in [2.45, 2.75) is 6.42 Å². The molecule has 1 aliphatic heterocycles. The Balaban J connectivity index is 2.15. The minimum absolute atomic E-state index is 0.195. The van der Waals surface area contributed by atoms with E-state index < -0.39 is 17.6 Å². The van der Waals surface area contributed by atoms with Gasteiger partial charge in [0.1, 0.15) is 6.54 Å². The standard InChI is InChI=1S/C13H10BrN3O3/c14-8-2-3-9-10(6-8)17(13(20)12(9)19)7-11(18)16-5-1-4-15/h2-3,6H,1,5,7H2,(H,16,18). The molecule has 0 spiro atoms. The molecule has 0 saturated heterocycles. The molecule has 0 unspecified atom stereocenters. The topological polar surface area (TPSA) is 90.3 Å². The van der Waals surface area contributed by atoms with Gasteiger partial charge in [0.05, 0.1) is 23.7 Å². The molecule has 0 fully saturated rings. The summed E-state index contributed by atoms with van der Waals surface area (Å²) in [7, 11) is 0. The first-order valence-electron chi connectivity index (χ1n) is 5.84. The molecule has 2 rings (SSSR count). The van der Waals surface area contributed by atoms with Crippen molar-refractivity contribution < 1.29 is 14.4 Å². The van der Waals surface area contributed by atoms with Gasteiger partial charge < -0.3 is 5.32 Å². The fraction of sp³-hybridized carbons (Fsp3) is 0.231. The molecular weight excluding hydrogens is 326 g/mol. The number of rotatable bonds is 4. The molecule has 2 amide bonds. The van der Waals surface area contributed by atoms with E-state index in [1.807, 2.05) is 6.07 Å². The summed E-state index contributed by atoms with van der Waals surface area (Å²) in [5.41, 5.74) is 0.716. The number of nitrogens with zero attached hydrogens (tertiary/aromatic N) is 2. The molecule has 1 aromatic rings. The van der Waals surface area contributed by atoms with Crippen LogP contribution in [0.25, 0.3) is 0 Å². The van der Waals surface area contributed by atoms with Crippen molar-refractivity contribution in [1.29, 1.82) is 5.26 Å². The number of benzene rings is 1. The lowest BCUT2D eigenvalue weighted by Gasteiger charge is -2.16. The second-order valence-corrected chi connectivity index (χ2v) is 5.06. The van der Waals surface area contributed by atoms with Crippen LogP contribution in [0.2, 0.25) is 0 Å². The third-order valence-electron chi connectivity index (χ3n) is 2.80. The second-order valence-electron chi connectivity index (χ2n) is 4.14. The zero-order valence-electron chi connectivity index (χ0n) is 10.4. The van der Waals surface area contributed by atoms with E-state index in [0.29, 0.717) is 15.7 Å². The SMILES string of the molecule is N#CCCNC(=O)CN1C(=O)C(=O)c2ccc(Br)cc21. The van der Waals surface area contributed by atoms with Crippen LogP contribution < -0.4 is 10.2 Å². The third-order valence-corrected chi connectivity index (χ3v) is 3.29. The number of fused-ring (bicyclic) bond motifs is 1. The number of anilines is 1. The number of Topliss-reactive ketones (excluding diaryl/α,β-unsaturated/α-hetero) is 1. The van der Waals surface area contributed by atoms with Crippen LogP contribution in [0.5, 0.6) is 0 Å². The third kappa shape index (κ3) is 2.70. The summed E-state index contributed by atoms with van der Waals surface area (Å²) in [6.45, 7) is -0.0178. The Bertz CT molecular complexity index is 636. The highest BCUT2D eigenvalue weighted by Crippen LogP contribution is 2.31. The van der Waals surface area contributed by atoms with Crippen LogP contribution in [0.1, 0.15) is 16.8 Å². The number of hydrogen-bond acceptors (Lipinski definition) is 4. The van der Waals surface area contributed by atoms with Gasteiger partial charge in [-0.3, -0.25) is 19.3 Å². The van der Waals surface area contributed by atoms with Crippen LogP contribution in [-0.4, -0.2) is 30.7 Å². The summed E-state index contributed by atoms with van der Waals surface area (Å²) < 4.78 is 0.716. The Labute approximate surface area is 123 Å². The van der Waals surface area contributed by atoms with E-state index in [-0.39, 0.29) is 19.5 Å². The summed E-state index contributed by atoms with van der Waals surface area (Å²) >= 11 is 3.26. The number of amides is 2. The number of carbonyl (C=O) groups excluding carboxylic acids is 3. The maximum Gasteiger partial charge on any atom is 0.299 e. The lowest BCUT2D eigenvalue weighted by atomic mass is 10.1. The maximum absolute atomic E-state index is 11.9. The first-order valence-corrected chi connectivity index (χ1v) is 6.63. The first kappa shape index (κ1) is 14.2. The summed E-state index contributed by atoms with van der Waals surface area (Å²) in [6.07, 6.45) is 0.195. The molecule has 102 valence electrons. The van der Waals surface area contributed by atoms with E-state index in [1.165, 1.54) is 0 Å².